The highest BCUT2D eigenvalue weighted by molar-refractivity contribution is 6.12. The molecule has 0 aliphatic carbocycles. The molecule has 1 heterocycles. The number of nitrogens with zero attached hydrogens (tertiary/aromatic N) is 1. The first-order chi connectivity index (χ1) is 22.8. The quantitative estimate of drug-likeness (QED) is 0.0663. The second kappa shape index (κ2) is 20.4. The molecule has 7 N–H and O–H groups in total. The molecule has 0 saturated carbocycles. The van der Waals surface area contributed by atoms with Crippen LogP contribution in [0.5, 0.6) is 0 Å². The van der Waals surface area contributed by atoms with E-state index in [-0.39, 0.29) is 62.2 Å². The van der Waals surface area contributed by atoms with Crippen molar-refractivity contribution in [2.45, 2.75) is 90.3 Å². The lowest BCUT2D eigenvalue weighted by molar-refractivity contribution is -0.137. The summed E-state index contributed by atoms with van der Waals surface area (Å²) < 4.78 is 5.22. The molecule has 15 nitrogen and oxygen atoms in total. The van der Waals surface area contributed by atoms with E-state index in [4.69, 9.17) is 10.5 Å². The van der Waals surface area contributed by atoms with Gasteiger partial charge in [0.05, 0.1) is 0 Å². The number of carbonyl (C=O) groups is 7. The molecule has 1 aromatic carbocycles. The molecule has 2 rings (SSSR count). The van der Waals surface area contributed by atoms with Crippen molar-refractivity contribution in [1.29, 1.82) is 0 Å². The number of alkyl carbamates (subject to hydrolysis) is 1. The number of anilines is 1. The van der Waals surface area contributed by atoms with Crippen molar-refractivity contribution in [2.75, 3.05) is 18.4 Å². The molecule has 3 atom stereocenters. The summed E-state index contributed by atoms with van der Waals surface area (Å²) in [6.45, 7) is 5.93. The second-order valence-corrected chi connectivity index (χ2v) is 12.0. The summed E-state index contributed by atoms with van der Waals surface area (Å²) in [4.78, 5) is 86.8. The van der Waals surface area contributed by atoms with Crippen LogP contribution in [0.3, 0.4) is 0 Å². The van der Waals surface area contributed by atoms with E-state index >= 15 is 0 Å². The monoisotopic (exact) mass is 669 g/mol. The first-order valence-electron chi connectivity index (χ1n) is 16.3. The van der Waals surface area contributed by atoms with Crippen molar-refractivity contribution in [3.8, 4) is 0 Å². The topological polar surface area (TPSA) is 218 Å². The number of rotatable bonds is 20. The summed E-state index contributed by atoms with van der Waals surface area (Å²) >= 11 is 0. The summed E-state index contributed by atoms with van der Waals surface area (Å²) in [5, 5.41) is 13.4. The van der Waals surface area contributed by atoms with Crippen LogP contribution in [-0.4, -0.2) is 85.6 Å². The van der Waals surface area contributed by atoms with Gasteiger partial charge in [-0.15, -0.1) is 0 Å². The predicted octanol–water partition coefficient (Wildman–Crippen LogP) is 0.851. The van der Waals surface area contributed by atoms with Gasteiger partial charge in [-0.1, -0.05) is 38.7 Å². The Morgan fingerprint density at radius 2 is 1.54 bits per heavy atom. The van der Waals surface area contributed by atoms with Crippen LogP contribution < -0.4 is 32.3 Å². The Kier molecular flexibility index (Phi) is 16.7. The number of benzene rings is 1. The molecule has 0 radical (unpaired) electrons. The van der Waals surface area contributed by atoms with E-state index in [0.717, 1.165) is 11.2 Å². The molecule has 8 amide bonds. The smallest absolute Gasteiger partial charge is 0.407 e. The molecule has 48 heavy (non-hydrogen) atoms. The number of amides is 8. The van der Waals surface area contributed by atoms with Gasteiger partial charge in [0, 0.05) is 43.4 Å². The predicted molar refractivity (Wildman–Crippen MR) is 181 cm³/mol. The molecule has 1 aliphatic rings. The van der Waals surface area contributed by atoms with Gasteiger partial charge >= 0.3 is 12.1 Å². The molecule has 1 aliphatic heterocycles. The lowest BCUT2D eigenvalue weighted by atomic mass is 9.99. The minimum absolute atomic E-state index is 0.00963. The number of ether oxygens (including phenoxy) is 1. The van der Waals surface area contributed by atoms with Gasteiger partial charge in [-0.2, -0.15) is 0 Å². The highest BCUT2D eigenvalue weighted by atomic mass is 16.5. The second-order valence-electron chi connectivity index (χ2n) is 12.0. The Balaban J connectivity index is 1.94. The molecule has 0 bridgehead atoms. The van der Waals surface area contributed by atoms with Crippen molar-refractivity contribution < 1.29 is 38.3 Å². The van der Waals surface area contributed by atoms with Gasteiger partial charge in [0.25, 0.3) is 11.8 Å². The van der Waals surface area contributed by atoms with E-state index in [2.05, 4.69) is 26.6 Å². The van der Waals surface area contributed by atoms with Crippen LogP contribution in [0.25, 0.3) is 0 Å². The van der Waals surface area contributed by atoms with Crippen molar-refractivity contribution in [2.24, 2.45) is 11.7 Å². The minimum Gasteiger partial charge on any atom is -0.445 e. The van der Waals surface area contributed by atoms with Gasteiger partial charge in [-0.3, -0.25) is 28.9 Å². The van der Waals surface area contributed by atoms with Gasteiger partial charge in [0.15, 0.2) is 0 Å². The molecule has 16 heteroatoms. The number of nitrogens with two attached hydrogens (primary N) is 1. The Morgan fingerprint density at radius 1 is 0.875 bits per heavy atom. The number of hydrogen-bond donors (Lipinski definition) is 6. The highest BCUT2D eigenvalue weighted by Crippen LogP contribution is 2.13. The molecule has 1 unspecified atom stereocenters. The van der Waals surface area contributed by atoms with Crippen LogP contribution in [0.1, 0.15) is 64.9 Å². The highest BCUT2D eigenvalue weighted by Gasteiger charge is 2.29. The van der Waals surface area contributed by atoms with E-state index in [1.54, 1.807) is 38.1 Å². The maximum absolute atomic E-state index is 13.4. The van der Waals surface area contributed by atoms with Gasteiger partial charge in [0.2, 0.25) is 17.7 Å². The molecule has 0 spiro atoms. The third kappa shape index (κ3) is 14.3. The van der Waals surface area contributed by atoms with Gasteiger partial charge in [-0.05, 0) is 56.2 Å². The zero-order valence-corrected chi connectivity index (χ0v) is 28.1. The molecule has 1 aromatic rings. The summed E-state index contributed by atoms with van der Waals surface area (Å²) in [6, 6.07) is 4.05. The fraction of sp³-hybridized carbons (Fsp3) is 0.531. The average molecular weight is 670 g/mol. The van der Waals surface area contributed by atoms with Crippen molar-refractivity contribution >= 4 is 55.2 Å². The molecule has 0 saturated heterocycles. The first kappa shape index (κ1) is 39.3. The maximum Gasteiger partial charge on any atom is 0.407 e. The number of hydrogen-bond acceptors (Lipinski definition) is 8. The summed E-state index contributed by atoms with van der Waals surface area (Å²) in [7, 11) is 1.95. The van der Waals surface area contributed by atoms with Crippen LogP contribution in [0.15, 0.2) is 36.4 Å². The van der Waals surface area contributed by atoms with E-state index in [1.165, 1.54) is 12.2 Å². The SMILES string of the molecule is BC[C@@H](C)NC(=O)OCc1ccc(NC(=O)[C@H](CCCNC(N)=O)NC(=O)C(NC(=O)CCCCCN2C(=O)C=CC2=O)C(C)C)cc1. The summed E-state index contributed by atoms with van der Waals surface area (Å²) in [5.74, 6) is -2.37. The fourth-order valence-corrected chi connectivity index (χ4v) is 4.62. The van der Waals surface area contributed by atoms with E-state index in [1.807, 2.05) is 14.8 Å². The van der Waals surface area contributed by atoms with E-state index in [0.29, 0.717) is 36.9 Å². The largest absolute Gasteiger partial charge is 0.445 e. The Bertz CT molecular complexity index is 1300. The summed E-state index contributed by atoms with van der Waals surface area (Å²) in [6.07, 6.45) is 5.00. The number of primary amides is 1. The molecule has 0 fully saturated rings. The molecule has 262 valence electrons. The number of urea groups is 1. The average Bonchev–Trinajstić information content (AvgIpc) is 3.36. The third-order valence-electron chi connectivity index (χ3n) is 7.62. The lowest BCUT2D eigenvalue weighted by Crippen LogP contribution is -2.54. The lowest BCUT2D eigenvalue weighted by Gasteiger charge is -2.25. The summed E-state index contributed by atoms with van der Waals surface area (Å²) in [5.41, 5.74) is 6.30. The van der Waals surface area contributed by atoms with E-state index < -0.39 is 36.0 Å². The number of imide groups is 1. The maximum atomic E-state index is 13.4. The number of nitrogens with one attached hydrogen (secondary N) is 5. The Morgan fingerprint density at radius 3 is 2.15 bits per heavy atom. The Labute approximate surface area is 281 Å². The number of carbonyl (C=O) groups excluding carboxylic acids is 7. The Hall–Kier alpha value is -4.89. The standard InChI is InChI=1S/C32H48BN7O8/c1-20(2)28(39-25(41)9-5-4-6-17-40-26(42)14-15-27(40)43)30(45)38-24(8-7-16-35-31(34)46)29(44)37-23-12-10-22(11-13-23)19-48-32(47)36-21(3)18-33/h10-15,20-21,24,28H,4-9,16-19,33H2,1-3H3,(H,36,47)(H,37,44)(H,38,45)(H,39,41)(H3,34,35,46)/t21-,24+,28?/m1/s1. The van der Waals surface area contributed by atoms with Crippen LogP contribution in [0.2, 0.25) is 6.32 Å². The fourth-order valence-electron chi connectivity index (χ4n) is 4.62. The van der Waals surface area contributed by atoms with Crippen molar-refractivity contribution in [3.05, 3.63) is 42.0 Å². The zero-order valence-electron chi connectivity index (χ0n) is 28.1. The van der Waals surface area contributed by atoms with Gasteiger partial charge in [-0.25, -0.2) is 9.59 Å². The molecular formula is C32H48BN7O8. The van der Waals surface area contributed by atoms with Crippen LogP contribution in [0, 0.1) is 5.92 Å². The van der Waals surface area contributed by atoms with Gasteiger partial charge < -0.3 is 37.1 Å². The first-order valence-corrected chi connectivity index (χ1v) is 16.3. The van der Waals surface area contributed by atoms with Crippen LogP contribution in [0.4, 0.5) is 15.3 Å². The van der Waals surface area contributed by atoms with Crippen LogP contribution >= 0.6 is 0 Å². The number of unbranched alkanes of at least 4 members (excludes halogenated alkanes) is 2. The van der Waals surface area contributed by atoms with Crippen molar-refractivity contribution in [3.63, 3.8) is 0 Å². The minimum atomic E-state index is -0.997. The van der Waals surface area contributed by atoms with E-state index in [9.17, 15) is 33.6 Å². The molecule has 0 aromatic heterocycles. The molecular weight excluding hydrogens is 621 g/mol. The van der Waals surface area contributed by atoms with Crippen LogP contribution in [-0.2, 0) is 35.3 Å². The third-order valence-corrected chi connectivity index (χ3v) is 7.62. The normalized spacial score (nSPS) is 14.2. The van der Waals surface area contributed by atoms with Crippen molar-refractivity contribution in [1.82, 2.24) is 26.2 Å². The van der Waals surface area contributed by atoms with Gasteiger partial charge in [0.1, 0.15) is 26.5 Å². The zero-order chi connectivity index (χ0) is 35.6.